The molecule has 0 spiro atoms. The second-order valence-electron chi connectivity index (χ2n) is 4.48. The molecule has 0 bridgehead atoms. The number of carbonyl (C=O) groups is 1. The van der Waals surface area contributed by atoms with Gasteiger partial charge in [0.05, 0.1) is 24.8 Å². The number of rotatable bonds is 5. The summed E-state index contributed by atoms with van der Waals surface area (Å²) in [6.45, 7) is -0.0681. The van der Waals surface area contributed by atoms with Crippen LogP contribution < -0.4 is 5.32 Å². The number of nitrogens with zero attached hydrogens (tertiary/aromatic N) is 1. The first kappa shape index (κ1) is 15.1. The van der Waals surface area contributed by atoms with Crippen molar-refractivity contribution in [3.63, 3.8) is 0 Å². The van der Waals surface area contributed by atoms with E-state index in [1.165, 1.54) is 36.5 Å². The Morgan fingerprint density at radius 1 is 1.29 bits per heavy atom. The zero-order valence-corrected chi connectivity index (χ0v) is 11.1. The maximum Gasteiger partial charge on any atom is 0.223 e. The first-order valence-corrected chi connectivity index (χ1v) is 6.36. The van der Waals surface area contributed by atoms with E-state index in [0.29, 0.717) is 5.56 Å². The molecule has 0 radical (unpaired) electrons. The van der Waals surface area contributed by atoms with Gasteiger partial charge in [0.2, 0.25) is 5.91 Å². The first-order chi connectivity index (χ1) is 10.1. The lowest BCUT2D eigenvalue weighted by molar-refractivity contribution is -0.123. The largest absolute Gasteiger partial charge is 0.388 e. The lowest BCUT2D eigenvalue weighted by Gasteiger charge is -2.11. The summed E-state index contributed by atoms with van der Waals surface area (Å²) >= 11 is 0. The lowest BCUT2D eigenvalue weighted by Crippen LogP contribution is -2.25. The van der Waals surface area contributed by atoms with E-state index < -0.39 is 23.6 Å². The summed E-state index contributed by atoms with van der Waals surface area (Å²) in [7, 11) is 0. The molecule has 4 nitrogen and oxygen atoms in total. The van der Waals surface area contributed by atoms with Gasteiger partial charge in [-0.25, -0.2) is 8.78 Å². The summed E-state index contributed by atoms with van der Waals surface area (Å²) in [5.41, 5.74) is 0.431. The molecule has 2 N–H and O–H groups in total. The fraction of sp³-hybridized carbons (Fsp3) is 0.200. The van der Waals surface area contributed by atoms with Gasteiger partial charge in [0, 0.05) is 6.20 Å². The molecule has 6 heteroatoms. The van der Waals surface area contributed by atoms with Crippen molar-refractivity contribution in [3.05, 3.63) is 65.5 Å². The third kappa shape index (κ3) is 4.32. The molecule has 0 saturated heterocycles. The van der Waals surface area contributed by atoms with Crippen LogP contribution in [0.15, 0.2) is 42.6 Å². The van der Waals surface area contributed by atoms with Crippen molar-refractivity contribution in [2.75, 3.05) is 0 Å². The van der Waals surface area contributed by atoms with Gasteiger partial charge in [-0.2, -0.15) is 0 Å². The fourth-order valence-corrected chi connectivity index (χ4v) is 1.81. The predicted octanol–water partition coefficient (Wildman–Crippen LogP) is 2.10. The average molecular weight is 292 g/mol. The van der Waals surface area contributed by atoms with Gasteiger partial charge in [-0.3, -0.25) is 9.78 Å². The molecular weight excluding hydrogens is 278 g/mol. The van der Waals surface area contributed by atoms with E-state index in [4.69, 9.17) is 0 Å². The first-order valence-electron chi connectivity index (χ1n) is 6.36. The highest BCUT2D eigenvalue weighted by Crippen LogP contribution is 2.17. The number of aromatic nitrogens is 1. The Balaban J connectivity index is 1.89. The van der Waals surface area contributed by atoms with Crippen LogP contribution in [0.25, 0.3) is 0 Å². The Kier molecular flexibility index (Phi) is 4.94. The summed E-state index contributed by atoms with van der Waals surface area (Å²) < 4.78 is 26.3. The second kappa shape index (κ2) is 6.90. The van der Waals surface area contributed by atoms with Gasteiger partial charge in [0.15, 0.2) is 0 Å². The van der Waals surface area contributed by atoms with Crippen LogP contribution in [0.2, 0.25) is 0 Å². The normalized spacial score (nSPS) is 12.0. The maximum atomic E-state index is 13.3. The highest BCUT2D eigenvalue weighted by atomic mass is 19.1. The van der Waals surface area contributed by atoms with Gasteiger partial charge in [-0.15, -0.1) is 0 Å². The number of hydrogen-bond donors (Lipinski definition) is 2. The average Bonchev–Trinajstić information content (AvgIpc) is 2.46. The van der Waals surface area contributed by atoms with Crippen molar-refractivity contribution < 1.29 is 18.7 Å². The van der Waals surface area contributed by atoms with E-state index in [2.05, 4.69) is 10.3 Å². The van der Waals surface area contributed by atoms with Crippen LogP contribution in [0.5, 0.6) is 0 Å². The Morgan fingerprint density at radius 3 is 2.81 bits per heavy atom. The van der Waals surface area contributed by atoms with Gasteiger partial charge in [-0.1, -0.05) is 12.1 Å². The topological polar surface area (TPSA) is 62.2 Å². The van der Waals surface area contributed by atoms with Crippen LogP contribution in [0.1, 0.15) is 23.8 Å². The molecule has 1 amide bonds. The van der Waals surface area contributed by atoms with Crippen molar-refractivity contribution in [1.82, 2.24) is 10.3 Å². The zero-order chi connectivity index (χ0) is 15.2. The number of hydrogen-bond acceptors (Lipinski definition) is 3. The van der Waals surface area contributed by atoms with E-state index in [9.17, 15) is 18.7 Å². The Bertz CT molecular complexity index is 635. The standard InChI is InChI=1S/C15H14F2N2O2/c16-11-4-1-3-10(7-11)14(20)8-15(21)19-9-13-12(17)5-2-6-18-13/h1-7,14,20H,8-9H2,(H,19,21). The molecule has 1 unspecified atom stereocenters. The van der Waals surface area contributed by atoms with Crippen molar-refractivity contribution in [2.24, 2.45) is 0 Å². The van der Waals surface area contributed by atoms with Crippen molar-refractivity contribution in [2.45, 2.75) is 19.1 Å². The monoisotopic (exact) mass is 292 g/mol. The summed E-state index contributed by atoms with van der Waals surface area (Å²) in [5, 5.41) is 12.3. The predicted molar refractivity (Wildman–Crippen MR) is 72.0 cm³/mol. The molecule has 2 aromatic rings. The number of aliphatic hydroxyl groups is 1. The number of aliphatic hydroxyl groups excluding tert-OH is 1. The minimum Gasteiger partial charge on any atom is -0.388 e. The highest BCUT2D eigenvalue weighted by molar-refractivity contribution is 5.76. The number of amides is 1. The molecule has 0 aliphatic carbocycles. The molecule has 110 valence electrons. The van der Waals surface area contributed by atoms with Gasteiger partial charge in [0.1, 0.15) is 11.6 Å². The molecule has 1 aromatic carbocycles. The number of benzene rings is 1. The Hall–Kier alpha value is -2.34. The van der Waals surface area contributed by atoms with Gasteiger partial charge < -0.3 is 10.4 Å². The zero-order valence-electron chi connectivity index (χ0n) is 11.1. The molecule has 1 atom stereocenters. The van der Waals surface area contributed by atoms with Gasteiger partial charge in [0.25, 0.3) is 0 Å². The smallest absolute Gasteiger partial charge is 0.223 e. The van der Waals surface area contributed by atoms with E-state index in [1.807, 2.05) is 0 Å². The Morgan fingerprint density at radius 2 is 2.10 bits per heavy atom. The van der Waals surface area contributed by atoms with Gasteiger partial charge >= 0.3 is 0 Å². The number of pyridine rings is 1. The minimum absolute atomic E-state index is 0.0681. The second-order valence-corrected chi connectivity index (χ2v) is 4.48. The van der Waals surface area contributed by atoms with Crippen LogP contribution in [-0.4, -0.2) is 16.0 Å². The summed E-state index contributed by atoms with van der Waals surface area (Å²) in [6, 6.07) is 8.09. The molecule has 1 heterocycles. The molecule has 0 saturated carbocycles. The minimum atomic E-state index is -1.12. The van der Waals surface area contributed by atoms with E-state index in [0.717, 1.165) is 6.07 Å². The van der Waals surface area contributed by atoms with Crippen molar-refractivity contribution in [3.8, 4) is 0 Å². The van der Waals surface area contributed by atoms with Crippen LogP contribution in [0.4, 0.5) is 8.78 Å². The van der Waals surface area contributed by atoms with Crippen LogP contribution >= 0.6 is 0 Å². The van der Waals surface area contributed by atoms with E-state index >= 15 is 0 Å². The summed E-state index contributed by atoms with van der Waals surface area (Å²) in [4.78, 5) is 15.5. The van der Waals surface area contributed by atoms with Crippen molar-refractivity contribution >= 4 is 5.91 Å². The molecule has 1 aromatic heterocycles. The molecule has 21 heavy (non-hydrogen) atoms. The third-order valence-corrected chi connectivity index (χ3v) is 2.90. The van der Waals surface area contributed by atoms with E-state index in [-0.39, 0.29) is 18.7 Å². The molecule has 2 rings (SSSR count). The summed E-state index contributed by atoms with van der Waals surface area (Å²) in [6.07, 6.45) is 0.0682. The number of carbonyl (C=O) groups excluding carboxylic acids is 1. The SMILES string of the molecule is O=C(CC(O)c1cccc(F)c1)NCc1ncccc1F. The lowest BCUT2D eigenvalue weighted by atomic mass is 10.1. The Labute approximate surface area is 120 Å². The van der Waals surface area contributed by atoms with Crippen LogP contribution in [0, 0.1) is 11.6 Å². The van der Waals surface area contributed by atoms with E-state index in [1.54, 1.807) is 0 Å². The van der Waals surface area contributed by atoms with Gasteiger partial charge in [-0.05, 0) is 29.8 Å². The van der Waals surface area contributed by atoms with Crippen molar-refractivity contribution in [1.29, 1.82) is 0 Å². The maximum absolute atomic E-state index is 13.3. The summed E-state index contributed by atoms with van der Waals surface area (Å²) in [5.74, 6) is -1.47. The van der Waals surface area contributed by atoms with Crippen LogP contribution in [0.3, 0.4) is 0 Å². The highest BCUT2D eigenvalue weighted by Gasteiger charge is 2.14. The molecular formula is C15H14F2N2O2. The third-order valence-electron chi connectivity index (χ3n) is 2.90. The fourth-order valence-electron chi connectivity index (χ4n) is 1.81. The van der Waals surface area contributed by atoms with Crippen LogP contribution in [-0.2, 0) is 11.3 Å². The number of halogens is 2. The molecule has 0 fully saturated rings. The quantitative estimate of drug-likeness (QED) is 0.887. The number of nitrogens with one attached hydrogen (secondary N) is 1. The molecule has 0 aliphatic rings. The molecule has 0 aliphatic heterocycles.